The number of nitrogens with zero attached hydrogens (tertiary/aromatic N) is 1. The molecule has 3 aromatic rings. The number of anilines is 4. The van der Waals surface area contributed by atoms with E-state index in [2.05, 4.69) is 16.0 Å². The van der Waals surface area contributed by atoms with E-state index in [1.54, 1.807) is 36.4 Å². The molecule has 0 unspecified atom stereocenters. The molecule has 29 heavy (non-hydrogen) atoms. The highest BCUT2D eigenvalue weighted by Crippen LogP contribution is 2.19. The minimum Gasteiger partial charge on any atom is -0.378 e. The normalized spacial score (nSPS) is 10.2. The van der Waals surface area contributed by atoms with Crippen molar-refractivity contribution in [1.82, 2.24) is 0 Å². The molecule has 3 aromatic carbocycles. The van der Waals surface area contributed by atoms with E-state index in [1.807, 2.05) is 43.3 Å². The maximum Gasteiger partial charge on any atom is 0.258 e. The van der Waals surface area contributed by atoms with Crippen LogP contribution in [-0.4, -0.2) is 25.1 Å². The van der Waals surface area contributed by atoms with Crippen LogP contribution in [0.25, 0.3) is 0 Å². The fourth-order valence-electron chi connectivity index (χ4n) is 2.64. The Kier molecular flexibility index (Phi) is 6.41. The molecule has 0 aliphatic carbocycles. The summed E-state index contributed by atoms with van der Waals surface area (Å²) in [5.41, 5.74) is 3.26. The maximum absolute atomic E-state index is 13.7. The van der Waals surface area contributed by atoms with Crippen LogP contribution in [-0.2, 0) is 0 Å². The van der Waals surface area contributed by atoms with E-state index < -0.39 is 11.7 Å². The van der Waals surface area contributed by atoms with E-state index in [4.69, 9.17) is 12.2 Å². The SMILES string of the molecule is CN(C)c1cccc(NC(=S)Nc2ccc(NC(=O)c3ccccc3F)cc2)c1. The third-order valence-corrected chi connectivity index (χ3v) is 4.34. The molecule has 0 radical (unpaired) electrons. The zero-order chi connectivity index (χ0) is 20.8. The van der Waals surface area contributed by atoms with E-state index in [0.717, 1.165) is 17.1 Å². The lowest BCUT2D eigenvalue weighted by Crippen LogP contribution is -2.19. The van der Waals surface area contributed by atoms with Crippen LogP contribution in [0.5, 0.6) is 0 Å². The lowest BCUT2D eigenvalue weighted by atomic mass is 10.2. The van der Waals surface area contributed by atoms with Gasteiger partial charge in [-0.2, -0.15) is 0 Å². The number of amides is 1. The summed E-state index contributed by atoms with van der Waals surface area (Å²) in [7, 11) is 3.95. The Morgan fingerprint density at radius 1 is 0.828 bits per heavy atom. The number of benzene rings is 3. The van der Waals surface area contributed by atoms with Crippen LogP contribution in [0.2, 0.25) is 0 Å². The second-order valence-electron chi connectivity index (χ2n) is 6.54. The molecule has 148 valence electrons. The van der Waals surface area contributed by atoms with Crippen LogP contribution in [0.15, 0.2) is 72.8 Å². The van der Waals surface area contributed by atoms with E-state index in [9.17, 15) is 9.18 Å². The first-order chi connectivity index (χ1) is 13.9. The first-order valence-electron chi connectivity index (χ1n) is 8.94. The van der Waals surface area contributed by atoms with Crippen LogP contribution < -0.4 is 20.9 Å². The fourth-order valence-corrected chi connectivity index (χ4v) is 2.87. The molecular formula is C22H21FN4OS. The van der Waals surface area contributed by atoms with Crippen LogP contribution in [0.1, 0.15) is 10.4 Å². The van der Waals surface area contributed by atoms with Gasteiger partial charge in [0.2, 0.25) is 0 Å². The summed E-state index contributed by atoms with van der Waals surface area (Å²) in [5.74, 6) is -1.06. The standard InChI is InChI=1S/C22H21FN4OS/c1-27(2)18-7-5-6-17(14-18)26-22(29)25-16-12-10-15(11-13-16)24-21(28)19-8-3-4-9-20(19)23/h3-14H,1-2H3,(H,24,28)(H2,25,26,29). The summed E-state index contributed by atoms with van der Waals surface area (Å²) in [5, 5.41) is 9.36. The van der Waals surface area contributed by atoms with Crippen molar-refractivity contribution < 1.29 is 9.18 Å². The summed E-state index contributed by atoms with van der Waals surface area (Å²) in [6.07, 6.45) is 0. The maximum atomic E-state index is 13.7. The predicted molar refractivity (Wildman–Crippen MR) is 121 cm³/mol. The quantitative estimate of drug-likeness (QED) is 0.522. The van der Waals surface area contributed by atoms with Gasteiger partial charge in [-0.25, -0.2) is 4.39 Å². The van der Waals surface area contributed by atoms with Gasteiger partial charge in [-0.15, -0.1) is 0 Å². The molecule has 0 saturated carbocycles. The van der Waals surface area contributed by atoms with Gasteiger partial charge in [-0.3, -0.25) is 4.79 Å². The number of rotatable bonds is 5. The van der Waals surface area contributed by atoms with Gasteiger partial charge in [0.15, 0.2) is 5.11 Å². The molecular weight excluding hydrogens is 387 g/mol. The molecule has 0 spiro atoms. The largest absolute Gasteiger partial charge is 0.378 e. The highest BCUT2D eigenvalue weighted by Gasteiger charge is 2.11. The Morgan fingerprint density at radius 2 is 1.45 bits per heavy atom. The Morgan fingerprint density at radius 3 is 2.10 bits per heavy atom. The Hall–Kier alpha value is -3.45. The van der Waals surface area contributed by atoms with Gasteiger partial charge in [0.1, 0.15) is 5.82 Å². The molecule has 1 amide bonds. The van der Waals surface area contributed by atoms with Crippen LogP contribution >= 0.6 is 12.2 Å². The molecule has 7 heteroatoms. The monoisotopic (exact) mass is 408 g/mol. The number of hydrogen-bond acceptors (Lipinski definition) is 3. The lowest BCUT2D eigenvalue weighted by Gasteiger charge is -2.15. The number of halogens is 1. The van der Waals surface area contributed by atoms with E-state index in [-0.39, 0.29) is 5.56 Å². The van der Waals surface area contributed by atoms with E-state index in [1.165, 1.54) is 12.1 Å². The van der Waals surface area contributed by atoms with Gasteiger partial charge in [-0.1, -0.05) is 18.2 Å². The molecule has 5 nitrogen and oxygen atoms in total. The molecule has 0 atom stereocenters. The number of carbonyl (C=O) groups excluding carboxylic acids is 1. The van der Waals surface area contributed by atoms with Crippen molar-refractivity contribution in [3.63, 3.8) is 0 Å². The van der Waals surface area contributed by atoms with E-state index in [0.29, 0.717) is 10.8 Å². The highest BCUT2D eigenvalue weighted by atomic mass is 32.1. The van der Waals surface area contributed by atoms with Gasteiger partial charge >= 0.3 is 0 Å². The van der Waals surface area contributed by atoms with Crippen molar-refractivity contribution in [1.29, 1.82) is 0 Å². The Labute approximate surface area is 174 Å². The summed E-state index contributed by atoms with van der Waals surface area (Å²) in [6, 6.07) is 20.7. The van der Waals surface area contributed by atoms with Crippen molar-refractivity contribution in [3.8, 4) is 0 Å². The average Bonchev–Trinajstić information content (AvgIpc) is 2.70. The summed E-state index contributed by atoms with van der Waals surface area (Å²) < 4.78 is 13.7. The van der Waals surface area contributed by atoms with Crippen LogP contribution in [0.3, 0.4) is 0 Å². The summed E-state index contributed by atoms with van der Waals surface area (Å²) >= 11 is 5.36. The predicted octanol–water partition coefficient (Wildman–Crippen LogP) is 4.95. The number of nitrogens with one attached hydrogen (secondary N) is 3. The molecule has 0 aliphatic heterocycles. The Balaban J connectivity index is 1.59. The second-order valence-corrected chi connectivity index (χ2v) is 6.94. The van der Waals surface area contributed by atoms with E-state index >= 15 is 0 Å². The average molecular weight is 409 g/mol. The molecule has 0 aliphatic rings. The third kappa shape index (κ3) is 5.52. The van der Waals surface area contributed by atoms with Gasteiger partial charge < -0.3 is 20.9 Å². The van der Waals surface area contributed by atoms with Gasteiger partial charge in [0.25, 0.3) is 5.91 Å². The minimum absolute atomic E-state index is 0.0000313. The lowest BCUT2D eigenvalue weighted by molar-refractivity contribution is 0.102. The summed E-state index contributed by atoms with van der Waals surface area (Å²) in [6.45, 7) is 0. The number of carbonyl (C=O) groups is 1. The molecule has 0 aromatic heterocycles. The fraction of sp³-hybridized carbons (Fsp3) is 0.0909. The van der Waals surface area contributed by atoms with Crippen LogP contribution in [0.4, 0.5) is 27.1 Å². The minimum atomic E-state index is -0.557. The Bertz CT molecular complexity index is 1020. The second kappa shape index (κ2) is 9.16. The highest BCUT2D eigenvalue weighted by molar-refractivity contribution is 7.80. The molecule has 0 saturated heterocycles. The topological polar surface area (TPSA) is 56.4 Å². The van der Waals surface area contributed by atoms with Crippen molar-refractivity contribution in [2.24, 2.45) is 0 Å². The van der Waals surface area contributed by atoms with Gasteiger partial charge in [0, 0.05) is 36.8 Å². The van der Waals surface area contributed by atoms with Gasteiger partial charge in [0.05, 0.1) is 5.56 Å². The zero-order valence-corrected chi connectivity index (χ0v) is 16.9. The zero-order valence-electron chi connectivity index (χ0n) is 16.1. The van der Waals surface area contributed by atoms with Crippen molar-refractivity contribution in [3.05, 3.63) is 84.2 Å². The van der Waals surface area contributed by atoms with Crippen molar-refractivity contribution in [2.75, 3.05) is 34.9 Å². The first-order valence-corrected chi connectivity index (χ1v) is 9.34. The third-order valence-electron chi connectivity index (χ3n) is 4.14. The molecule has 0 heterocycles. The molecule has 3 rings (SSSR count). The van der Waals surface area contributed by atoms with Crippen molar-refractivity contribution in [2.45, 2.75) is 0 Å². The van der Waals surface area contributed by atoms with Crippen molar-refractivity contribution >= 4 is 46.0 Å². The molecule has 0 bridgehead atoms. The molecule has 3 N–H and O–H groups in total. The number of thiocarbonyl (C=S) groups is 1. The van der Waals surface area contributed by atoms with Crippen LogP contribution in [0, 0.1) is 5.82 Å². The smallest absolute Gasteiger partial charge is 0.258 e. The van der Waals surface area contributed by atoms with Gasteiger partial charge in [-0.05, 0) is 66.8 Å². The number of hydrogen-bond donors (Lipinski definition) is 3. The molecule has 0 fully saturated rings. The first kappa shape index (κ1) is 20.3. The summed E-state index contributed by atoms with van der Waals surface area (Å²) in [4.78, 5) is 14.2.